The van der Waals surface area contributed by atoms with Gasteiger partial charge in [0.15, 0.2) is 5.96 Å². The van der Waals surface area contributed by atoms with Crippen molar-refractivity contribution in [1.82, 2.24) is 5.32 Å². The van der Waals surface area contributed by atoms with Crippen molar-refractivity contribution in [1.29, 1.82) is 0 Å². The van der Waals surface area contributed by atoms with Crippen molar-refractivity contribution in [2.75, 3.05) is 13.2 Å². The summed E-state index contributed by atoms with van der Waals surface area (Å²) in [4.78, 5) is 5.92. The van der Waals surface area contributed by atoms with Crippen LogP contribution in [0.5, 0.6) is 5.75 Å². The number of hydrogen-bond donors (Lipinski definition) is 2. The lowest BCUT2D eigenvalue weighted by molar-refractivity contribution is 0.262. The summed E-state index contributed by atoms with van der Waals surface area (Å²) >= 11 is 1.80. The molecule has 2 unspecified atom stereocenters. The van der Waals surface area contributed by atoms with Crippen LogP contribution in [0.1, 0.15) is 29.8 Å². The summed E-state index contributed by atoms with van der Waals surface area (Å²) in [6, 6.07) is 12.5. The van der Waals surface area contributed by atoms with Crippen molar-refractivity contribution < 1.29 is 4.74 Å². The zero-order valence-electron chi connectivity index (χ0n) is 13.8. The molecule has 130 valence electrons. The molecule has 1 aromatic carbocycles. The van der Waals surface area contributed by atoms with Gasteiger partial charge in [0.25, 0.3) is 0 Å². The van der Waals surface area contributed by atoms with Gasteiger partial charge in [-0.05, 0) is 29.9 Å². The molecule has 0 radical (unpaired) electrons. The maximum absolute atomic E-state index is 6.08. The molecule has 0 saturated carbocycles. The number of thiophene rings is 1. The fourth-order valence-electron chi connectivity index (χ4n) is 2.81. The molecule has 2 aromatic rings. The predicted octanol–water partition coefficient (Wildman–Crippen LogP) is 3.97. The van der Waals surface area contributed by atoms with Crippen molar-refractivity contribution >= 4 is 41.3 Å². The number of fused-ring (bicyclic) bond motifs is 1. The van der Waals surface area contributed by atoms with Crippen LogP contribution in [0, 0.1) is 5.92 Å². The van der Waals surface area contributed by atoms with Gasteiger partial charge in [0.1, 0.15) is 5.75 Å². The van der Waals surface area contributed by atoms with Crippen molar-refractivity contribution in [2.24, 2.45) is 16.6 Å². The lowest BCUT2D eigenvalue weighted by Gasteiger charge is -2.27. The second-order valence-electron chi connectivity index (χ2n) is 5.99. The third-order valence-corrected chi connectivity index (χ3v) is 4.88. The molecule has 4 nitrogen and oxygen atoms in total. The first kappa shape index (κ1) is 19.1. The van der Waals surface area contributed by atoms with Crippen LogP contribution in [0.4, 0.5) is 0 Å². The molecular formula is C18H24IN3OS. The molecule has 0 fully saturated rings. The highest BCUT2D eigenvalue weighted by Gasteiger charge is 2.21. The molecule has 1 aliphatic heterocycles. The first-order chi connectivity index (χ1) is 11.2. The molecule has 0 amide bonds. The van der Waals surface area contributed by atoms with Gasteiger partial charge in [-0.15, -0.1) is 35.3 Å². The van der Waals surface area contributed by atoms with Gasteiger partial charge in [0, 0.05) is 23.4 Å². The highest BCUT2D eigenvalue weighted by Crippen LogP contribution is 2.31. The van der Waals surface area contributed by atoms with Crippen molar-refractivity contribution in [3.8, 4) is 5.75 Å². The van der Waals surface area contributed by atoms with Crippen LogP contribution >= 0.6 is 35.3 Å². The lowest BCUT2D eigenvalue weighted by atomic mass is 10.0. The Morgan fingerprint density at radius 3 is 3.00 bits per heavy atom. The Morgan fingerprint density at radius 1 is 1.38 bits per heavy atom. The third-order valence-electron chi connectivity index (χ3n) is 3.98. The van der Waals surface area contributed by atoms with E-state index in [9.17, 15) is 0 Å². The number of nitrogens with two attached hydrogens (primary N) is 1. The molecule has 2 heterocycles. The van der Waals surface area contributed by atoms with Crippen LogP contribution in [-0.2, 0) is 6.42 Å². The number of benzene rings is 1. The minimum Gasteiger partial charge on any atom is -0.493 e. The van der Waals surface area contributed by atoms with Crippen LogP contribution in [0.15, 0.2) is 46.8 Å². The highest BCUT2D eigenvalue weighted by atomic mass is 127. The van der Waals surface area contributed by atoms with Gasteiger partial charge in [0.2, 0.25) is 0 Å². The van der Waals surface area contributed by atoms with Gasteiger partial charge in [-0.1, -0.05) is 31.2 Å². The number of hydrogen-bond acceptors (Lipinski definition) is 3. The first-order valence-corrected chi connectivity index (χ1v) is 8.91. The van der Waals surface area contributed by atoms with Crippen molar-refractivity contribution in [3.05, 3.63) is 52.2 Å². The summed E-state index contributed by atoms with van der Waals surface area (Å²) in [7, 11) is 0. The molecule has 2 atom stereocenters. The zero-order valence-corrected chi connectivity index (χ0v) is 16.9. The van der Waals surface area contributed by atoms with Gasteiger partial charge in [0.05, 0.1) is 12.6 Å². The third kappa shape index (κ3) is 5.11. The molecule has 1 aromatic heterocycles. The fourth-order valence-corrected chi connectivity index (χ4v) is 3.68. The Morgan fingerprint density at radius 2 is 2.21 bits per heavy atom. The maximum atomic E-state index is 6.08. The maximum Gasteiger partial charge on any atom is 0.189 e. The van der Waals surface area contributed by atoms with Gasteiger partial charge >= 0.3 is 0 Å². The van der Waals surface area contributed by atoms with Gasteiger partial charge in [-0.25, -0.2) is 0 Å². The lowest BCUT2D eigenvalue weighted by Crippen LogP contribution is -2.37. The first-order valence-electron chi connectivity index (χ1n) is 8.03. The smallest absolute Gasteiger partial charge is 0.189 e. The van der Waals surface area contributed by atoms with E-state index in [0.29, 0.717) is 18.5 Å². The van der Waals surface area contributed by atoms with E-state index in [1.165, 1.54) is 4.88 Å². The molecule has 0 aliphatic carbocycles. The van der Waals surface area contributed by atoms with Gasteiger partial charge < -0.3 is 15.8 Å². The molecule has 1 aliphatic rings. The Balaban J connectivity index is 0.00000208. The molecule has 24 heavy (non-hydrogen) atoms. The zero-order chi connectivity index (χ0) is 16.1. The topological polar surface area (TPSA) is 59.6 Å². The predicted molar refractivity (Wildman–Crippen MR) is 112 cm³/mol. The van der Waals surface area contributed by atoms with E-state index < -0.39 is 0 Å². The summed E-state index contributed by atoms with van der Waals surface area (Å²) in [5.74, 6) is 1.94. The van der Waals surface area contributed by atoms with E-state index in [1.807, 2.05) is 18.2 Å². The summed E-state index contributed by atoms with van der Waals surface area (Å²) < 4.78 is 5.67. The van der Waals surface area contributed by atoms with Crippen LogP contribution in [0.3, 0.4) is 0 Å². The van der Waals surface area contributed by atoms with E-state index in [4.69, 9.17) is 10.5 Å². The Kier molecular flexibility index (Phi) is 7.36. The Bertz CT molecular complexity index is 660. The van der Waals surface area contributed by atoms with E-state index in [1.54, 1.807) is 11.3 Å². The molecule has 6 heteroatoms. The van der Waals surface area contributed by atoms with Gasteiger partial charge in [-0.3, -0.25) is 4.99 Å². The average Bonchev–Trinajstić information content (AvgIpc) is 3.06. The minimum atomic E-state index is 0. The Labute approximate surface area is 164 Å². The number of rotatable bonds is 5. The number of ether oxygens (including phenoxy) is 1. The van der Waals surface area contributed by atoms with Crippen LogP contribution in [-0.4, -0.2) is 19.1 Å². The van der Waals surface area contributed by atoms with Crippen LogP contribution in [0.2, 0.25) is 0 Å². The molecule has 3 rings (SSSR count). The minimum absolute atomic E-state index is 0. The molecule has 3 N–H and O–H groups in total. The number of halogens is 1. The van der Waals surface area contributed by atoms with E-state index >= 15 is 0 Å². The molecule has 0 bridgehead atoms. The Hall–Kier alpha value is -1.28. The second kappa shape index (κ2) is 9.27. The fraction of sp³-hybridized carbons (Fsp3) is 0.389. The summed E-state index contributed by atoms with van der Waals surface area (Å²) in [5, 5.41) is 5.45. The van der Waals surface area contributed by atoms with E-state index in [-0.39, 0.29) is 30.0 Å². The SMILES string of the molecule is CC(CN=C(N)NC1CCOc2ccccc21)Cc1cccs1.I. The standard InChI is InChI=1S/C18H23N3OS.HI/c1-13(11-14-5-4-10-23-14)12-20-18(19)21-16-8-9-22-17-7-3-2-6-15(16)17;/h2-7,10,13,16H,8-9,11-12H2,1H3,(H3,19,20,21);1H. The second-order valence-corrected chi connectivity index (χ2v) is 7.02. The van der Waals surface area contributed by atoms with Crippen molar-refractivity contribution in [3.63, 3.8) is 0 Å². The largest absolute Gasteiger partial charge is 0.493 e. The van der Waals surface area contributed by atoms with E-state index in [0.717, 1.165) is 30.7 Å². The van der Waals surface area contributed by atoms with Crippen LogP contribution < -0.4 is 15.8 Å². The number of nitrogens with zero attached hydrogens (tertiary/aromatic N) is 1. The van der Waals surface area contributed by atoms with Crippen LogP contribution in [0.25, 0.3) is 0 Å². The van der Waals surface area contributed by atoms with Gasteiger partial charge in [-0.2, -0.15) is 0 Å². The monoisotopic (exact) mass is 457 g/mol. The summed E-state index contributed by atoms with van der Waals surface area (Å²) in [6.07, 6.45) is 1.95. The normalized spacial score (nSPS) is 18.0. The molecule has 0 saturated heterocycles. The summed E-state index contributed by atoms with van der Waals surface area (Å²) in [6.45, 7) is 3.65. The highest BCUT2D eigenvalue weighted by molar-refractivity contribution is 14.0. The molecule has 0 spiro atoms. The average molecular weight is 457 g/mol. The summed E-state index contributed by atoms with van der Waals surface area (Å²) in [5.41, 5.74) is 7.24. The number of nitrogens with one attached hydrogen (secondary N) is 1. The number of aliphatic imine (C=N–C) groups is 1. The quantitative estimate of drug-likeness (QED) is 0.406. The van der Waals surface area contributed by atoms with Crippen molar-refractivity contribution in [2.45, 2.75) is 25.8 Å². The number of guanidine groups is 1. The number of para-hydroxylation sites is 1. The van der Waals surface area contributed by atoms with E-state index in [2.05, 4.69) is 40.8 Å². The molecular weight excluding hydrogens is 433 g/mol.